The number of fused-ring (bicyclic) bond motifs is 1. The average molecular weight is 1070 g/mol. The topological polar surface area (TPSA) is 307 Å². The Kier molecular flexibility index (Phi) is 101. The van der Waals surface area contributed by atoms with Crippen LogP contribution in [0.15, 0.2) is 96.2 Å². The van der Waals surface area contributed by atoms with E-state index in [1.807, 2.05) is 158 Å². The Morgan fingerprint density at radius 2 is 0.789 bits per heavy atom. The first-order chi connectivity index (χ1) is 35.6. The molecule has 0 bridgehead atoms. The predicted octanol–water partition coefficient (Wildman–Crippen LogP) is 15.8. The zero-order valence-corrected chi connectivity index (χ0v) is 49.8. The van der Waals surface area contributed by atoms with E-state index in [1.165, 1.54) is 24.5 Å². The van der Waals surface area contributed by atoms with Gasteiger partial charge in [0.25, 0.3) is 11.6 Å². The summed E-state index contributed by atoms with van der Waals surface area (Å²) in [5.74, 6) is -2.32. The third-order valence-corrected chi connectivity index (χ3v) is 6.31. The summed E-state index contributed by atoms with van der Waals surface area (Å²) in [5, 5.41) is 37.3. The second-order valence-electron chi connectivity index (χ2n) is 10.2. The number of pyridine rings is 5. The fraction of sp³-hybridized carbons (Fsp3) is 0.466. The van der Waals surface area contributed by atoms with E-state index in [4.69, 9.17) is 36.7 Å². The quantitative estimate of drug-likeness (QED) is 0.0709. The first-order valence-electron chi connectivity index (χ1n) is 25.3. The Morgan fingerprint density at radius 3 is 1.00 bits per heavy atom. The number of aromatic carboxylic acids is 2. The van der Waals surface area contributed by atoms with Gasteiger partial charge >= 0.3 is 11.9 Å². The van der Waals surface area contributed by atoms with Crippen LogP contribution in [0.2, 0.25) is 0 Å². The number of aromatic nitrogens is 6. The molecule has 76 heavy (non-hydrogen) atoms. The van der Waals surface area contributed by atoms with Crippen molar-refractivity contribution in [1.29, 1.82) is 5.26 Å². The molecule has 0 saturated heterocycles. The van der Waals surface area contributed by atoms with Crippen LogP contribution in [0, 0.1) is 39.0 Å². The van der Waals surface area contributed by atoms with Gasteiger partial charge < -0.3 is 26.2 Å². The Bertz CT molecular complexity index is 2060. The molecule has 18 nitrogen and oxygen atoms in total. The molecule has 436 valence electrons. The minimum Gasteiger partial charge on any atom is -0.478 e. The molecule has 0 aromatic carbocycles. The number of rotatable bonds is 3. The van der Waals surface area contributed by atoms with Crippen LogP contribution in [0.3, 0.4) is 0 Å². The van der Waals surface area contributed by atoms with Gasteiger partial charge in [0.05, 0.1) is 44.7 Å². The second-order valence-corrected chi connectivity index (χ2v) is 10.2. The molecular weight excluding hydrogens is 965 g/mol. The summed E-state index contributed by atoms with van der Waals surface area (Å²) in [6, 6.07) is 18.8. The number of carboxylic acids is 2. The van der Waals surface area contributed by atoms with E-state index in [9.17, 15) is 19.2 Å². The van der Waals surface area contributed by atoms with E-state index < -0.39 is 23.8 Å². The predicted molar refractivity (Wildman–Crippen MR) is 322 cm³/mol. The van der Waals surface area contributed by atoms with Gasteiger partial charge in [-0.25, -0.2) is 20.1 Å². The third kappa shape index (κ3) is 54.1. The number of anilines is 1. The van der Waals surface area contributed by atoms with E-state index >= 15 is 0 Å². The molecule has 0 saturated carbocycles. The van der Waals surface area contributed by atoms with E-state index in [0.29, 0.717) is 39.7 Å². The summed E-state index contributed by atoms with van der Waals surface area (Å²) >= 11 is 0. The van der Waals surface area contributed by atoms with Crippen molar-refractivity contribution >= 4 is 40.7 Å². The van der Waals surface area contributed by atoms with E-state index in [0.717, 1.165) is 11.1 Å². The zero-order valence-electron chi connectivity index (χ0n) is 49.8. The highest BCUT2D eigenvalue weighted by Gasteiger charge is 2.06. The number of nitrogen functional groups attached to an aromatic ring is 1. The van der Waals surface area contributed by atoms with Crippen LogP contribution in [0.25, 0.3) is 11.1 Å². The number of nitrogens with one attached hydrogen (secondary N) is 1. The van der Waals surface area contributed by atoms with E-state index in [2.05, 4.69) is 30.1 Å². The number of nitrogens with two attached hydrogens (primary N) is 2. The maximum absolute atomic E-state index is 10.6. The summed E-state index contributed by atoms with van der Waals surface area (Å²) in [5.41, 5.74) is 16.6. The highest BCUT2D eigenvalue weighted by molar-refractivity contribution is 5.93. The first-order valence-corrected chi connectivity index (χ1v) is 25.3. The van der Waals surface area contributed by atoms with E-state index in [-0.39, 0.29) is 26.0 Å². The number of primary amides is 1. The van der Waals surface area contributed by atoms with Gasteiger partial charge in [-0.3, -0.25) is 34.7 Å². The zero-order chi connectivity index (χ0) is 60.6. The number of amides is 2. The molecule has 6 rings (SSSR count). The number of nitrogens with zero attached hydrogens (tertiary/aromatic N) is 7. The molecule has 18 heteroatoms. The Morgan fingerprint density at radius 1 is 0.513 bits per heavy atom. The van der Waals surface area contributed by atoms with Crippen molar-refractivity contribution in [3.05, 3.63) is 137 Å². The number of nitriles is 1. The molecule has 2 amide bonds. The Labute approximate surface area is 461 Å². The summed E-state index contributed by atoms with van der Waals surface area (Å²) in [6.45, 7) is 48.1. The van der Waals surface area contributed by atoms with Crippen molar-refractivity contribution in [2.75, 3.05) is 5.73 Å². The fourth-order valence-corrected chi connectivity index (χ4v) is 3.57. The highest BCUT2D eigenvalue weighted by atomic mass is 16.5. The molecular formula is C58H106N10O8. The summed E-state index contributed by atoms with van der Waals surface area (Å²) in [4.78, 5) is 60.2. The molecule has 8 N–H and O–H groups in total. The molecule has 0 unspecified atom stereocenters. The van der Waals surface area contributed by atoms with Crippen molar-refractivity contribution in [2.45, 2.75) is 188 Å². The fourth-order valence-electron chi connectivity index (χ4n) is 3.57. The lowest BCUT2D eigenvalue weighted by molar-refractivity contribution is -0.126. The maximum Gasteiger partial charge on any atom is 0.337 e. The van der Waals surface area contributed by atoms with Gasteiger partial charge in [0.1, 0.15) is 6.07 Å². The second kappa shape index (κ2) is 78.8. The molecule has 0 aliphatic rings. The van der Waals surface area contributed by atoms with Crippen molar-refractivity contribution < 1.29 is 39.1 Å². The van der Waals surface area contributed by atoms with Crippen LogP contribution in [-0.4, -0.2) is 69.2 Å². The van der Waals surface area contributed by atoms with Gasteiger partial charge in [-0.1, -0.05) is 158 Å². The van der Waals surface area contributed by atoms with Crippen LogP contribution in [0.5, 0.6) is 0 Å². The van der Waals surface area contributed by atoms with Crippen molar-refractivity contribution in [1.82, 2.24) is 35.6 Å². The van der Waals surface area contributed by atoms with Crippen LogP contribution in [0.4, 0.5) is 5.82 Å². The van der Waals surface area contributed by atoms with Gasteiger partial charge in [0.15, 0.2) is 5.82 Å². The van der Waals surface area contributed by atoms with E-state index in [1.54, 1.807) is 94.2 Å². The molecule has 0 aliphatic heterocycles. The lowest BCUT2D eigenvalue weighted by Crippen LogP contribution is -2.12. The molecule has 0 fully saturated rings. The van der Waals surface area contributed by atoms with Crippen molar-refractivity contribution in [3.63, 3.8) is 0 Å². The molecule has 6 heterocycles. The van der Waals surface area contributed by atoms with Crippen molar-refractivity contribution in [2.24, 2.45) is 5.73 Å². The average Bonchev–Trinajstić information content (AvgIpc) is 3.85. The molecule has 0 atom stereocenters. The minimum atomic E-state index is -0.925. The van der Waals surface area contributed by atoms with Gasteiger partial charge in [-0.2, -0.15) is 5.26 Å². The molecule has 0 aliphatic carbocycles. The third-order valence-electron chi connectivity index (χ3n) is 6.31. The smallest absolute Gasteiger partial charge is 0.337 e. The van der Waals surface area contributed by atoms with Gasteiger partial charge in [0.2, 0.25) is 5.91 Å². The number of hydrogen-bond donors (Lipinski definition) is 6. The number of aryl methyl sites for hydroxylation is 4. The van der Waals surface area contributed by atoms with Gasteiger partial charge in [0, 0.05) is 43.6 Å². The lowest BCUT2D eigenvalue weighted by atomic mass is 10.2. The molecule has 0 spiro atoms. The van der Waals surface area contributed by atoms with Crippen molar-refractivity contribution in [3.8, 4) is 6.07 Å². The lowest BCUT2D eigenvalue weighted by Gasteiger charge is -1.96. The minimum absolute atomic E-state index is 0. The first kappa shape index (κ1) is 97.6. The van der Waals surface area contributed by atoms with Gasteiger partial charge in [-0.15, -0.1) is 0 Å². The van der Waals surface area contributed by atoms with Crippen LogP contribution < -0.4 is 16.9 Å². The normalized spacial score (nSPS) is 7.28. The number of carboxylic acid groups (broad SMARTS) is 2. The van der Waals surface area contributed by atoms with Crippen LogP contribution >= 0.6 is 0 Å². The number of carbonyl (C=O) groups excluding carboxylic acids is 2. The molecule has 6 aromatic heterocycles. The monoisotopic (exact) mass is 1070 g/mol. The maximum atomic E-state index is 10.6. The highest BCUT2D eigenvalue weighted by Crippen LogP contribution is 2.16. The summed E-state index contributed by atoms with van der Waals surface area (Å²) in [7, 11) is 0. The Hall–Kier alpha value is -7.65. The number of hydroxylamine groups is 1. The molecule has 6 aromatic rings. The number of carbonyl (C=O) groups is 4. The van der Waals surface area contributed by atoms with Crippen LogP contribution in [-0.2, 0) is 4.79 Å². The standard InChI is InChI=1S/C7H8N2O.C7H6N2.2C7H7NO2.C6H5N3O.C2H5NO2.10C2H6.2CH4/c1-5-6(7(8)10)3-2-4-9-5;1-6-7(5-8)3-2-4-9-6;2*1-5-6(7(9)10)3-2-4-8-5;7-5-4-2-1-3-8-6(4)10-9-5;1-2(4)3-5;10*1-2;;/h2-4H,1H3,(H2,8,10);2-4H,1H3;2*2-4H,1H3,(H,9,10);1-3H,(H2,7,9);5H,1H3,(H,3,4);10*1-2H3;2*1H4. The SMILES string of the molecule is C.C.CC.CC.CC.CC.CC.CC.CC.CC.CC.CC.CC(=O)NO.Cc1ncccc1C#N.Cc1ncccc1C(=O)O.Cc1ncccc1C(=O)O.Cc1ncccc1C(N)=O.Nc1noc2ncccc12. The number of hydrogen-bond acceptors (Lipinski definition) is 14. The molecule has 0 radical (unpaired) electrons. The van der Waals surface area contributed by atoms with Crippen LogP contribution in [0.1, 0.15) is 220 Å². The summed E-state index contributed by atoms with van der Waals surface area (Å²) in [6.07, 6.45) is 8.08. The summed E-state index contributed by atoms with van der Waals surface area (Å²) < 4.78 is 4.76. The largest absolute Gasteiger partial charge is 0.478 e. The van der Waals surface area contributed by atoms with Gasteiger partial charge in [-0.05, 0) is 88.4 Å². The Balaban J connectivity index is -0.0000000606.